The van der Waals surface area contributed by atoms with Crippen LogP contribution in [0.1, 0.15) is 30.0 Å². The molecular weight excluding hydrogens is 475 g/mol. The van der Waals surface area contributed by atoms with Crippen LogP contribution in [0, 0.1) is 23.1 Å². The van der Waals surface area contributed by atoms with Gasteiger partial charge in [0.2, 0.25) is 5.88 Å². The number of thiophene rings is 1. The molecule has 34 heavy (non-hydrogen) atoms. The molecule has 0 saturated carbocycles. The number of benzene rings is 2. The molecule has 0 saturated heterocycles. The number of ether oxygens (including phenoxy) is 2. The molecule has 0 radical (unpaired) electrons. The van der Waals surface area contributed by atoms with Crippen LogP contribution < -0.4 is 4.74 Å². The van der Waals surface area contributed by atoms with Crippen molar-refractivity contribution in [3.05, 3.63) is 87.6 Å². The van der Waals surface area contributed by atoms with Crippen molar-refractivity contribution in [3.63, 3.8) is 0 Å². The maximum Gasteiger partial charge on any atom is 0.323 e. The Bertz CT molecular complexity index is 1410. The summed E-state index contributed by atoms with van der Waals surface area (Å²) < 4.78 is 25.3. The van der Waals surface area contributed by atoms with Gasteiger partial charge in [-0.05, 0) is 65.9 Å². The van der Waals surface area contributed by atoms with E-state index in [0.29, 0.717) is 15.6 Å². The highest BCUT2D eigenvalue weighted by atomic mass is 35.5. The van der Waals surface area contributed by atoms with Crippen molar-refractivity contribution in [1.82, 2.24) is 4.98 Å². The van der Waals surface area contributed by atoms with E-state index in [0.717, 1.165) is 10.1 Å². The molecule has 0 aliphatic carbocycles. The van der Waals surface area contributed by atoms with Crippen molar-refractivity contribution in [1.29, 1.82) is 5.26 Å². The number of methoxy groups -OCH3 is 1. The third-order valence-corrected chi connectivity index (χ3v) is 7.13. The van der Waals surface area contributed by atoms with E-state index in [2.05, 4.69) is 11.1 Å². The van der Waals surface area contributed by atoms with Gasteiger partial charge in [-0.1, -0.05) is 25.4 Å². The number of hydrogen-bond acceptors (Lipinski definition) is 6. The number of fused-ring (bicyclic) bond motifs is 1. The van der Waals surface area contributed by atoms with E-state index in [1.165, 1.54) is 42.7 Å². The second kappa shape index (κ2) is 9.41. The van der Waals surface area contributed by atoms with Crippen LogP contribution in [-0.4, -0.2) is 18.1 Å². The predicted molar refractivity (Wildman–Crippen MR) is 130 cm³/mol. The Kier molecular flexibility index (Phi) is 6.56. The molecule has 0 aliphatic rings. The molecule has 8 heteroatoms. The summed E-state index contributed by atoms with van der Waals surface area (Å²) in [7, 11) is 1.31. The minimum Gasteiger partial charge on any atom is -0.468 e. The van der Waals surface area contributed by atoms with Gasteiger partial charge < -0.3 is 9.47 Å². The number of esters is 1. The molecule has 0 N–H and O–H groups in total. The normalized spacial score (nSPS) is 12.9. The first-order valence-corrected chi connectivity index (χ1v) is 11.6. The van der Waals surface area contributed by atoms with Crippen molar-refractivity contribution in [3.8, 4) is 17.7 Å². The van der Waals surface area contributed by atoms with E-state index in [9.17, 15) is 14.4 Å². The highest BCUT2D eigenvalue weighted by molar-refractivity contribution is 7.19. The standard InChI is InChI=1S/C26H20ClFN2O3S/c1-15(2)26(25(31)32-3,22-13-17-12-18(27)5-10-21(17)34-22)24-16(14-29)4-11-23(30-24)33-20-8-6-19(28)7-9-20/h4-13,15H,1-3H3. The molecular formula is C26H20ClFN2O3S. The summed E-state index contributed by atoms with van der Waals surface area (Å²) >= 11 is 7.60. The van der Waals surface area contributed by atoms with Crippen LogP contribution in [0.2, 0.25) is 5.02 Å². The van der Waals surface area contributed by atoms with Crippen LogP contribution in [0.25, 0.3) is 10.1 Å². The van der Waals surface area contributed by atoms with E-state index in [1.807, 2.05) is 32.0 Å². The lowest BCUT2D eigenvalue weighted by molar-refractivity contribution is -0.147. The lowest BCUT2D eigenvalue weighted by Gasteiger charge is -2.34. The first-order chi connectivity index (χ1) is 16.3. The van der Waals surface area contributed by atoms with Crippen LogP contribution >= 0.6 is 22.9 Å². The third-order valence-electron chi connectivity index (χ3n) is 5.64. The van der Waals surface area contributed by atoms with E-state index < -0.39 is 17.2 Å². The zero-order valence-corrected chi connectivity index (χ0v) is 20.2. The maximum atomic E-state index is 13.5. The Hall–Kier alpha value is -3.47. The average molecular weight is 495 g/mol. The SMILES string of the molecule is COC(=O)C(c1cc2cc(Cl)ccc2s1)(c1nc(Oc2ccc(F)cc2)ccc1C#N)C(C)C. The Morgan fingerprint density at radius 2 is 1.88 bits per heavy atom. The number of nitriles is 1. The number of halogens is 2. The molecule has 4 aromatic rings. The molecule has 5 nitrogen and oxygen atoms in total. The summed E-state index contributed by atoms with van der Waals surface area (Å²) in [6.45, 7) is 3.76. The summed E-state index contributed by atoms with van der Waals surface area (Å²) in [4.78, 5) is 18.8. The molecule has 0 bridgehead atoms. The van der Waals surface area contributed by atoms with E-state index in [1.54, 1.807) is 18.2 Å². The largest absolute Gasteiger partial charge is 0.468 e. The number of nitrogens with zero attached hydrogens (tertiary/aromatic N) is 2. The molecule has 0 fully saturated rings. The van der Waals surface area contributed by atoms with Crippen LogP contribution in [-0.2, 0) is 14.9 Å². The van der Waals surface area contributed by atoms with Crippen molar-refractivity contribution < 1.29 is 18.7 Å². The Labute approximate surface area is 205 Å². The number of carbonyl (C=O) groups is 1. The van der Waals surface area contributed by atoms with Gasteiger partial charge in [0, 0.05) is 20.7 Å². The van der Waals surface area contributed by atoms with Crippen LogP contribution in [0.15, 0.2) is 60.7 Å². The average Bonchev–Trinajstić information content (AvgIpc) is 3.24. The second-order valence-electron chi connectivity index (χ2n) is 7.96. The molecule has 2 aromatic heterocycles. The molecule has 1 unspecified atom stereocenters. The summed E-state index contributed by atoms with van der Waals surface area (Å²) in [5.41, 5.74) is -0.923. The number of rotatable bonds is 6. The van der Waals surface area contributed by atoms with Gasteiger partial charge in [-0.25, -0.2) is 9.37 Å². The quantitative estimate of drug-likeness (QED) is 0.273. The molecule has 0 spiro atoms. The topological polar surface area (TPSA) is 72.2 Å². The fourth-order valence-corrected chi connectivity index (χ4v) is 5.54. The van der Waals surface area contributed by atoms with Crippen molar-refractivity contribution >= 4 is 39.0 Å². The highest BCUT2D eigenvalue weighted by Crippen LogP contribution is 2.46. The number of carbonyl (C=O) groups excluding carboxylic acids is 1. The van der Waals surface area contributed by atoms with Crippen molar-refractivity contribution in [2.24, 2.45) is 5.92 Å². The molecule has 2 heterocycles. The van der Waals surface area contributed by atoms with Gasteiger partial charge in [0.15, 0.2) is 0 Å². The second-order valence-corrected chi connectivity index (χ2v) is 9.48. The zero-order valence-electron chi connectivity index (χ0n) is 18.6. The summed E-state index contributed by atoms with van der Waals surface area (Å²) in [6, 6.07) is 18.1. The first-order valence-electron chi connectivity index (χ1n) is 10.4. The van der Waals surface area contributed by atoms with Gasteiger partial charge >= 0.3 is 5.97 Å². The molecule has 172 valence electrons. The third kappa shape index (κ3) is 4.11. The summed E-state index contributed by atoms with van der Waals surface area (Å²) in [5.74, 6) is -0.726. The van der Waals surface area contributed by atoms with Crippen LogP contribution in [0.4, 0.5) is 4.39 Å². The van der Waals surface area contributed by atoms with Gasteiger partial charge in [-0.3, -0.25) is 4.79 Å². The van der Waals surface area contributed by atoms with E-state index >= 15 is 0 Å². The van der Waals surface area contributed by atoms with Gasteiger partial charge in [-0.2, -0.15) is 5.26 Å². The molecule has 4 rings (SSSR count). The fraction of sp³-hybridized carbons (Fsp3) is 0.192. The minimum atomic E-state index is -1.38. The summed E-state index contributed by atoms with van der Waals surface area (Å²) in [6.07, 6.45) is 0. The van der Waals surface area contributed by atoms with Crippen LogP contribution in [0.3, 0.4) is 0 Å². The monoisotopic (exact) mass is 494 g/mol. The Morgan fingerprint density at radius 1 is 1.15 bits per heavy atom. The Morgan fingerprint density at radius 3 is 2.53 bits per heavy atom. The van der Waals surface area contributed by atoms with Crippen molar-refractivity contribution in [2.75, 3.05) is 7.11 Å². The first kappa shape index (κ1) is 23.7. The summed E-state index contributed by atoms with van der Waals surface area (Å²) in [5, 5.41) is 11.4. The lowest BCUT2D eigenvalue weighted by Crippen LogP contribution is -2.44. The molecule has 1 atom stereocenters. The molecule has 0 aliphatic heterocycles. The minimum absolute atomic E-state index is 0.165. The van der Waals surface area contributed by atoms with Gasteiger partial charge in [0.05, 0.1) is 18.4 Å². The Balaban J connectivity index is 1.96. The number of pyridine rings is 1. The molecule has 2 aromatic carbocycles. The van der Waals surface area contributed by atoms with E-state index in [4.69, 9.17) is 21.1 Å². The van der Waals surface area contributed by atoms with Crippen LogP contribution in [0.5, 0.6) is 11.6 Å². The highest BCUT2D eigenvalue weighted by Gasteiger charge is 2.50. The maximum absolute atomic E-state index is 13.5. The fourth-order valence-electron chi connectivity index (χ4n) is 3.99. The predicted octanol–water partition coefficient (Wildman–Crippen LogP) is 6.87. The van der Waals surface area contributed by atoms with Crippen molar-refractivity contribution in [2.45, 2.75) is 19.3 Å². The lowest BCUT2D eigenvalue weighted by atomic mass is 9.71. The zero-order chi connectivity index (χ0) is 24.5. The number of aromatic nitrogens is 1. The molecule has 0 amide bonds. The van der Waals surface area contributed by atoms with Gasteiger partial charge in [-0.15, -0.1) is 11.3 Å². The number of hydrogen-bond donors (Lipinski definition) is 0. The van der Waals surface area contributed by atoms with E-state index in [-0.39, 0.29) is 23.1 Å². The smallest absolute Gasteiger partial charge is 0.323 e. The van der Waals surface area contributed by atoms with Gasteiger partial charge in [0.1, 0.15) is 23.1 Å². The van der Waals surface area contributed by atoms with Gasteiger partial charge in [0.25, 0.3) is 0 Å².